The zero-order valence-electron chi connectivity index (χ0n) is 14.2. The lowest BCUT2D eigenvalue weighted by atomic mass is 10.1. The molecule has 0 aliphatic heterocycles. The van der Waals surface area contributed by atoms with E-state index in [1.807, 2.05) is 41.8 Å². The zero-order chi connectivity index (χ0) is 18.1. The van der Waals surface area contributed by atoms with Gasteiger partial charge in [-0.25, -0.2) is 9.78 Å². The maximum atomic E-state index is 12.5. The Labute approximate surface area is 153 Å². The maximum absolute atomic E-state index is 12.5. The number of rotatable bonds is 4. The van der Waals surface area contributed by atoms with Gasteiger partial charge in [0.1, 0.15) is 10.8 Å². The third-order valence-corrected chi connectivity index (χ3v) is 4.94. The fourth-order valence-corrected chi connectivity index (χ4v) is 3.65. The molecule has 6 heteroatoms. The third-order valence-electron chi connectivity index (χ3n) is 4.06. The second-order valence-electron chi connectivity index (χ2n) is 5.56. The first-order valence-corrected chi connectivity index (χ1v) is 8.79. The van der Waals surface area contributed by atoms with Crippen LogP contribution in [0.1, 0.15) is 0 Å². The van der Waals surface area contributed by atoms with Crippen LogP contribution >= 0.6 is 11.3 Å². The van der Waals surface area contributed by atoms with E-state index in [0.29, 0.717) is 22.6 Å². The average Bonchev–Trinajstić information content (AvgIpc) is 3.16. The maximum Gasteiger partial charge on any atom is 0.345 e. The Morgan fingerprint density at radius 2 is 1.73 bits per heavy atom. The Kier molecular flexibility index (Phi) is 4.18. The van der Waals surface area contributed by atoms with Crippen LogP contribution < -0.4 is 15.1 Å². The number of ether oxygens (including phenoxy) is 2. The molecule has 26 heavy (non-hydrogen) atoms. The first-order valence-electron chi connectivity index (χ1n) is 7.91. The lowest BCUT2D eigenvalue weighted by molar-refractivity contribution is 0.407. The van der Waals surface area contributed by atoms with Gasteiger partial charge >= 0.3 is 5.63 Å². The number of hydrogen-bond acceptors (Lipinski definition) is 6. The van der Waals surface area contributed by atoms with Gasteiger partial charge in [-0.05, 0) is 24.3 Å². The summed E-state index contributed by atoms with van der Waals surface area (Å²) in [6.45, 7) is 0. The molecule has 4 aromatic rings. The summed E-state index contributed by atoms with van der Waals surface area (Å²) in [5.74, 6) is 1.27. The van der Waals surface area contributed by atoms with E-state index in [1.165, 1.54) is 11.3 Å². The quantitative estimate of drug-likeness (QED) is 0.495. The van der Waals surface area contributed by atoms with E-state index in [0.717, 1.165) is 21.7 Å². The lowest BCUT2D eigenvalue weighted by Gasteiger charge is -2.05. The molecule has 0 unspecified atom stereocenters. The first kappa shape index (κ1) is 16.4. The summed E-state index contributed by atoms with van der Waals surface area (Å²) in [7, 11) is 3.17. The summed E-state index contributed by atoms with van der Waals surface area (Å²) in [5.41, 5.74) is 1.87. The van der Waals surface area contributed by atoms with Gasteiger partial charge in [0, 0.05) is 10.8 Å². The van der Waals surface area contributed by atoms with Crippen molar-refractivity contribution in [3.8, 4) is 33.3 Å². The van der Waals surface area contributed by atoms with Gasteiger partial charge in [-0.15, -0.1) is 11.3 Å². The van der Waals surface area contributed by atoms with Crippen LogP contribution in [0.2, 0.25) is 0 Å². The number of thiazole rings is 1. The molecule has 0 aliphatic rings. The van der Waals surface area contributed by atoms with Crippen molar-refractivity contribution in [1.82, 2.24) is 4.98 Å². The molecule has 0 aliphatic carbocycles. The minimum Gasteiger partial charge on any atom is -0.496 e. The molecule has 0 amide bonds. The van der Waals surface area contributed by atoms with Crippen molar-refractivity contribution in [2.24, 2.45) is 0 Å². The molecule has 2 aromatic carbocycles. The highest BCUT2D eigenvalue weighted by Gasteiger charge is 2.15. The smallest absolute Gasteiger partial charge is 0.345 e. The Balaban J connectivity index is 1.83. The van der Waals surface area contributed by atoms with Crippen LogP contribution in [-0.4, -0.2) is 19.2 Å². The molecule has 130 valence electrons. The molecule has 0 saturated carbocycles. The van der Waals surface area contributed by atoms with E-state index in [-0.39, 0.29) is 0 Å². The largest absolute Gasteiger partial charge is 0.496 e. The van der Waals surface area contributed by atoms with Crippen LogP contribution in [0.5, 0.6) is 11.5 Å². The lowest BCUT2D eigenvalue weighted by Crippen LogP contribution is -2.03. The van der Waals surface area contributed by atoms with E-state index < -0.39 is 5.63 Å². The van der Waals surface area contributed by atoms with Crippen molar-refractivity contribution >= 4 is 22.3 Å². The molecule has 2 aromatic heterocycles. The van der Waals surface area contributed by atoms with Crippen molar-refractivity contribution in [2.75, 3.05) is 14.2 Å². The normalized spacial score (nSPS) is 10.8. The van der Waals surface area contributed by atoms with E-state index in [2.05, 4.69) is 4.98 Å². The molecule has 4 rings (SSSR count). The predicted molar refractivity (Wildman–Crippen MR) is 102 cm³/mol. The van der Waals surface area contributed by atoms with Crippen molar-refractivity contribution in [3.63, 3.8) is 0 Å². The average molecular weight is 365 g/mol. The second-order valence-corrected chi connectivity index (χ2v) is 6.42. The zero-order valence-corrected chi connectivity index (χ0v) is 15.0. The predicted octanol–water partition coefficient (Wildman–Crippen LogP) is 4.60. The van der Waals surface area contributed by atoms with Gasteiger partial charge in [0.15, 0.2) is 11.3 Å². The molecule has 2 heterocycles. The summed E-state index contributed by atoms with van der Waals surface area (Å²) in [4.78, 5) is 17.1. The molecule has 0 radical (unpaired) electrons. The van der Waals surface area contributed by atoms with E-state index >= 15 is 0 Å². The molecule has 0 saturated heterocycles. The number of para-hydroxylation sites is 2. The SMILES string of the molecule is COc1ccccc1-c1nc(-c2cc3cccc(OC)c3oc2=O)cs1. The van der Waals surface area contributed by atoms with Crippen LogP contribution in [0, 0.1) is 0 Å². The van der Waals surface area contributed by atoms with Crippen molar-refractivity contribution in [1.29, 1.82) is 0 Å². The van der Waals surface area contributed by atoms with E-state index in [9.17, 15) is 4.79 Å². The summed E-state index contributed by atoms with van der Waals surface area (Å²) in [6.07, 6.45) is 0. The molecule has 5 nitrogen and oxygen atoms in total. The Morgan fingerprint density at radius 1 is 0.962 bits per heavy atom. The van der Waals surface area contributed by atoms with Gasteiger partial charge in [0.05, 0.1) is 31.0 Å². The Bertz CT molecular complexity index is 1150. The van der Waals surface area contributed by atoms with E-state index in [4.69, 9.17) is 13.9 Å². The Hall–Kier alpha value is -3.12. The van der Waals surface area contributed by atoms with Crippen LogP contribution in [-0.2, 0) is 0 Å². The molecule has 0 fully saturated rings. The highest BCUT2D eigenvalue weighted by Crippen LogP contribution is 2.34. The van der Waals surface area contributed by atoms with Crippen LogP contribution in [0.3, 0.4) is 0 Å². The molecular formula is C20H15NO4S. The van der Waals surface area contributed by atoms with Gasteiger partial charge in [-0.3, -0.25) is 0 Å². The second kappa shape index (κ2) is 6.65. The number of fused-ring (bicyclic) bond motifs is 1. The summed E-state index contributed by atoms with van der Waals surface area (Å²) in [5, 5.41) is 3.41. The van der Waals surface area contributed by atoms with Gasteiger partial charge in [0.2, 0.25) is 0 Å². The van der Waals surface area contributed by atoms with E-state index in [1.54, 1.807) is 26.4 Å². The van der Waals surface area contributed by atoms with Crippen molar-refractivity contribution in [2.45, 2.75) is 0 Å². The minimum atomic E-state index is -0.445. The minimum absolute atomic E-state index is 0.420. The molecule has 0 atom stereocenters. The number of benzene rings is 2. The van der Waals surface area contributed by atoms with Gasteiger partial charge in [-0.1, -0.05) is 24.3 Å². The first-order chi connectivity index (χ1) is 12.7. The number of aromatic nitrogens is 1. The third kappa shape index (κ3) is 2.74. The Morgan fingerprint density at radius 3 is 2.54 bits per heavy atom. The van der Waals surface area contributed by atoms with Crippen molar-refractivity contribution < 1.29 is 13.9 Å². The summed E-state index contributed by atoms with van der Waals surface area (Å²) >= 11 is 1.45. The van der Waals surface area contributed by atoms with Crippen molar-refractivity contribution in [3.05, 3.63) is 64.3 Å². The molecule has 0 N–H and O–H groups in total. The molecular weight excluding hydrogens is 350 g/mol. The molecule has 0 spiro atoms. The topological polar surface area (TPSA) is 61.6 Å². The number of hydrogen-bond donors (Lipinski definition) is 0. The number of methoxy groups -OCH3 is 2. The number of nitrogens with zero attached hydrogens (tertiary/aromatic N) is 1. The summed E-state index contributed by atoms with van der Waals surface area (Å²) in [6, 6.07) is 14.9. The van der Waals surface area contributed by atoms with Crippen LogP contribution in [0.25, 0.3) is 32.8 Å². The van der Waals surface area contributed by atoms with Gasteiger partial charge in [0.25, 0.3) is 0 Å². The monoisotopic (exact) mass is 365 g/mol. The van der Waals surface area contributed by atoms with Crippen LogP contribution in [0.15, 0.2) is 63.1 Å². The fraction of sp³-hybridized carbons (Fsp3) is 0.100. The van der Waals surface area contributed by atoms with Gasteiger partial charge in [-0.2, -0.15) is 0 Å². The van der Waals surface area contributed by atoms with Crippen LogP contribution in [0.4, 0.5) is 0 Å². The highest BCUT2D eigenvalue weighted by atomic mass is 32.1. The standard InChI is InChI=1S/C20H15NO4S/c1-23-16-8-4-3-7-13(16)19-21-15(11-26-19)14-10-12-6-5-9-17(24-2)18(12)25-20(14)22/h3-11H,1-2H3. The summed E-state index contributed by atoms with van der Waals surface area (Å²) < 4.78 is 16.1. The van der Waals surface area contributed by atoms with Gasteiger partial charge < -0.3 is 13.9 Å². The molecule has 0 bridgehead atoms. The fourth-order valence-electron chi connectivity index (χ4n) is 2.80. The highest BCUT2D eigenvalue weighted by molar-refractivity contribution is 7.13.